The summed E-state index contributed by atoms with van der Waals surface area (Å²) < 4.78 is 24.4. The minimum Gasteiger partial charge on any atom is -0.478 e. The number of ether oxygens (including phenoxy) is 3. The van der Waals surface area contributed by atoms with Gasteiger partial charge in [-0.15, -0.1) is 0 Å². The Bertz CT molecular complexity index is 2250. The summed E-state index contributed by atoms with van der Waals surface area (Å²) in [5, 5.41) is 9.73. The number of esters is 1. The van der Waals surface area contributed by atoms with Gasteiger partial charge in [0, 0.05) is 17.2 Å². The van der Waals surface area contributed by atoms with E-state index in [1.54, 1.807) is 43.3 Å². The van der Waals surface area contributed by atoms with Crippen LogP contribution >= 0.6 is 22.9 Å². The standard InChI is InChI=1S/C34H23ClN2O8S/c1-2-42-33(41)28-29(18-6-4-3-5-7-18)36-34-37(30(28)19-9-12-25-26(15-19)44-17-43-25)31(38)27(46-34)16-21-10-13-24(45-21)22-14-20(32(39)40)8-11-23(22)35/h3-16,30H,2,17H2,1H3,(H,39,40)/b27-16-/t30-/m1/s1. The maximum Gasteiger partial charge on any atom is 0.338 e. The maximum absolute atomic E-state index is 14.2. The molecular weight excluding hydrogens is 632 g/mol. The summed E-state index contributed by atoms with van der Waals surface area (Å²) in [7, 11) is 0. The van der Waals surface area contributed by atoms with Crippen LogP contribution in [0.1, 0.15) is 40.2 Å². The third-order valence-electron chi connectivity index (χ3n) is 7.46. The van der Waals surface area contributed by atoms with Gasteiger partial charge < -0.3 is 23.7 Å². The molecule has 2 aliphatic rings. The number of furan rings is 1. The first-order valence-electron chi connectivity index (χ1n) is 14.1. The molecule has 1 N–H and O–H groups in total. The Balaban J connectivity index is 1.41. The van der Waals surface area contributed by atoms with Crippen LogP contribution in [0.5, 0.6) is 11.5 Å². The minimum absolute atomic E-state index is 0.0563. The van der Waals surface area contributed by atoms with Crippen molar-refractivity contribution in [3.63, 3.8) is 0 Å². The van der Waals surface area contributed by atoms with Gasteiger partial charge in [-0.1, -0.05) is 59.3 Å². The Morgan fingerprint density at radius 2 is 1.87 bits per heavy atom. The van der Waals surface area contributed by atoms with Gasteiger partial charge in [-0.2, -0.15) is 0 Å². The molecule has 2 aliphatic heterocycles. The zero-order valence-electron chi connectivity index (χ0n) is 24.1. The Morgan fingerprint density at radius 3 is 2.65 bits per heavy atom. The summed E-state index contributed by atoms with van der Waals surface area (Å²) in [6.45, 7) is 1.91. The Kier molecular flexibility index (Phi) is 7.55. The number of carboxylic acid groups (broad SMARTS) is 1. The van der Waals surface area contributed by atoms with Crippen LogP contribution in [0.3, 0.4) is 0 Å². The highest BCUT2D eigenvalue weighted by Crippen LogP contribution is 2.40. The number of fused-ring (bicyclic) bond motifs is 2. The summed E-state index contributed by atoms with van der Waals surface area (Å²) >= 11 is 7.49. The van der Waals surface area contributed by atoms with E-state index in [2.05, 4.69) is 0 Å². The van der Waals surface area contributed by atoms with E-state index in [4.69, 9.17) is 35.2 Å². The monoisotopic (exact) mass is 654 g/mol. The van der Waals surface area contributed by atoms with Gasteiger partial charge in [-0.05, 0) is 55.0 Å². The Morgan fingerprint density at radius 1 is 1.07 bits per heavy atom. The topological polar surface area (TPSA) is 130 Å². The molecule has 12 heteroatoms. The summed E-state index contributed by atoms with van der Waals surface area (Å²) in [6.07, 6.45) is 1.58. The smallest absolute Gasteiger partial charge is 0.338 e. The fourth-order valence-electron chi connectivity index (χ4n) is 5.39. The van der Waals surface area contributed by atoms with Gasteiger partial charge in [0.05, 0.1) is 39.0 Å². The van der Waals surface area contributed by atoms with E-state index in [0.29, 0.717) is 59.8 Å². The van der Waals surface area contributed by atoms with Crippen molar-refractivity contribution in [3.8, 4) is 22.8 Å². The number of hydrogen-bond acceptors (Lipinski definition) is 9. The molecule has 4 heterocycles. The molecule has 10 nitrogen and oxygen atoms in total. The molecule has 0 unspecified atom stereocenters. The van der Waals surface area contributed by atoms with E-state index in [-0.39, 0.29) is 24.5 Å². The van der Waals surface area contributed by atoms with E-state index in [1.165, 1.54) is 22.8 Å². The van der Waals surface area contributed by atoms with Crippen LogP contribution in [0, 0.1) is 0 Å². The maximum atomic E-state index is 14.2. The predicted octanol–water partition coefficient (Wildman–Crippen LogP) is 5.28. The summed E-state index contributed by atoms with van der Waals surface area (Å²) in [6, 6.07) is 21.3. The van der Waals surface area contributed by atoms with Crippen molar-refractivity contribution in [2.75, 3.05) is 13.4 Å². The molecule has 3 aromatic carbocycles. The number of rotatable bonds is 7. The Hall–Kier alpha value is -5.39. The summed E-state index contributed by atoms with van der Waals surface area (Å²) in [5.74, 6) is 0.0301. The molecule has 0 bridgehead atoms. The van der Waals surface area contributed by atoms with Crippen molar-refractivity contribution in [2.45, 2.75) is 13.0 Å². The van der Waals surface area contributed by atoms with E-state index in [0.717, 1.165) is 11.3 Å². The highest BCUT2D eigenvalue weighted by molar-refractivity contribution is 7.07. The van der Waals surface area contributed by atoms with Gasteiger partial charge in [-0.25, -0.2) is 14.6 Å². The molecule has 0 spiro atoms. The quantitative estimate of drug-likeness (QED) is 0.235. The first-order chi connectivity index (χ1) is 22.3. The fraction of sp³-hybridized carbons (Fsp3) is 0.118. The van der Waals surface area contributed by atoms with Crippen LogP contribution in [0.15, 0.2) is 98.6 Å². The first kappa shape index (κ1) is 29.3. The second-order valence-corrected chi connectivity index (χ2v) is 11.7. The van der Waals surface area contributed by atoms with Crippen LogP contribution in [0.25, 0.3) is 23.1 Å². The lowest BCUT2D eigenvalue weighted by Gasteiger charge is -2.26. The number of carboxylic acids is 1. The third-order valence-corrected chi connectivity index (χ3v) is 8.78. The molecule has 230 valence electrons. The normalized spacial score (nSPS) is 15.4. The van der Waals surface area contributed by atoms with Crippen LogP contribution in [-0.4, -0.2) is 35.0 Å². The van der Waals surface area contributed by atoms with Crippen molar-refractivity contribution in [2.24, 2.45) is 4.99 Å². The highest BCUT2D eigenvalue weighted by atomic mass is 35.5. The van der Waals surface area contributed by atoms with Gasteiger partial charge in [0.1, 0.15) is 11.5 Å². The second-order valence-electron chi connectivity index (χ2n) is 10.2. The molecule has 0 saturated carbocycles. The molecule has 5 aromatic rings. The van der Waals surface area contributed by atoms with E-state index < -0.39 is 23.5 Å². The number of thiazole rings is 1. The van der Waals surface area contributed by atoms with Gasteiger partial charge in [0.2, 0.25) is 6.79 Å². The largest absolute Gasteiger partial charge is 0.478 e. The second kappa shape index (κ2) is 11.8. The van der Waals surface area contributed by atoms with Crippen LogP contribution in [-0.2, 0) is 9.53 Å². The SMILES string of the molecule is CCOC(=O)C1=C(c2ccccc2)N=c2s/c(=C\c3ccc(-c4cc(C(=O)O)ccc4Cl)o3)c(=O)n2[C@@H]1c1ccc2c(c1)OCO2. The number of carbonyl (C=O) groups excluding carboxylic acids is 1. The number of hydrogen-bond donors (Lipinski definition) is 1. The fourth-order valence-corrected chi connectivity index (χ4v) is 6.58. The molecule has 0 fully saturated rings. The number of benzene rings is 3. The average molecular weight is 655 g/mol. The van der Waals surface area contributed by atoms with Crippen LogP contribution in [0.4, 0.5) is 0 Å². The number of halogens is 1. The van der Waals surface area contributed by atoms with Crippen molar-refractivity contribution < 1.29 is 33.3 Å². The van der Waals surface area contributed by atoms with E-state index >= 15 is 0 Å². The lowest BCUT2D eigenvalue weighted by Crippen LogP contribution is -2.40. The molecule has 0 radical (unpaired) electrons. The van der Waals surface area contributed by atoms with Gasteiger partial charge in [0.25, 0.3) is 5.56 Å². The summed E-state index contributed by atoms with van der Waals surface area (Å²) in [4.78, 5) is 44.6. The number of aromatic carboxylic acids is 1. The number of aromatic nitrogens is 1. The Labute approximate surface area is 269 Å². The molecule has 46 heavy (non-hydrogen) atoms. The van der Waals surface area contributed by atoms with Crippen LogP contribution in [0.2, 0.25) is 5.02 Å². The van der Waals surface area contributed by atoms with Gasteiger partial charge >= 0.3 is 11.9 Å². The number of carbonyl (C=O) groups is 2. The van der Waals surface area contributed by atoms with Crippen molar-refractivity contribution in [1.29, 1.82) is 0 Å². The van der Waals surface area contributed by atoms with E-state index in [1.807, 2.05) is 30.3 Å². The molecule has 0 aliphatic carbocycles. The summed E-state index contributed by atoms with van der Waals surface area (Å²) in [5.41, 5.74) is 1.95. The van der Waals surface area contributed by atoms with Gasteiger partial charge in [-0.3, -0.25) is 9.36 Å². The lowest BCUT2D eigenvalue weighted by atomic mass is 9.93. The third kappa shape index (κ3) is 5.19. The average Bonchev–Trinajstić information content (AvgIpc) is 3.80. The molecule has 2 aromatic heterocycles. The first-order valence-corrected chi connectivity index (χ1v) is 15.3. The molecule has 1 atom stereocenters. The lowest BCUT2D eigenvalue weighted by molar-refractivity contribution is -0.138. The predicted molar refractivity (Wildman–Crippen MR) is 170 cm³/mol. The van der Waals surface area contributed by atoms with Gasteiger partial charge in [0.15, 0.2) is 16.3 Å². The highest BCUT2D eigenvalue weighted by Gasteiger charge is 2.36. The molecular formula is C34H23ClN2O8S. The van der Waals surface area contributed by atoms with Crippen LogP contribution < -0.4 is 24.4 Å². The molecule has 0 amide bonds. The van der Waals surface area contributed by atoms with Crippen molar-refractivity contribution >= 4 is 46.6 Å². The van der Waals surface area contributed by atoms with Crippen molar-refractivity contribution in [3.05, 3.63) is 132 Å². The molecule has 7 rings (SSSR count). The number of nitrogens with zero attached hydrogens (tertiary/aromatic N) is 2. The zero-order valence-corrected chi connectivity index (χ0v) is 25.6. The van der Waals surface area contributed by atoms with Crippen molar-refractivity contribution in [1.82, 2.24) is 4.57 Å². The molecule has 0 saturated heterocycles. The zero-order chi connectivity index (χ0) is 31.9. The van der Waals surface area contributed by atoms with E-state index in [9.17, 15) is 19.5 Å². The minimum atomic E-state index is -1.10.